The van der Waals surface area contributed by atoms with Crippen molar-refractivity contribution in [3.05, 3.63) is 102 Å². The van der Waals surface area contributed by atoms with Crippen LogP contribution in [0.1, 0.15) is 48.3 Å². The number of para-hydroxylation sites is 1. The fraction of sp³-hybridized carbons (Fsp3) is 0.387. The summed E-state index contributed by atoms with van der Waals surface area (Å²) in [5, 5.41) is 0. The van der Waals surface area contributed by atoms with Gasteiger partial charge in [0.25, 0.3) is 0 Å². The van der Waals surface area contributed by atoms with Gasteiger partial charge in [-0.05, 0) is 42.4 Å². The first-order chi connectivity index (χ1) is 16.8. The molecule has 1 aliphatic carbocycles. The Balaban J connectivity index is 1.47. The van der Waals surface area contributed by atoms with Crippen molar-refractivity contribution in [2.75, 3.05) is 13.7 Å². The molecule has 3 aromatic rings. The van der Waals surface area contributed by atoms with Crippen molar-refractivity contribution in [1.82, 2.24) is 4.90 Å². The lowest BCUT2D eigenvalue weighted by atomic mass is 9.67. The van der Waals surface area contributed by atoms with E-state index in [9.17, 15) is 0 Å². The normalized spacial score (nSPS) is 28.9. The maximum absolute atomic E-state index is 5.65. The lowest BCUT2D eigenvalue weighted by molar-refractivity contribution is 0.0437. The van der Waals surface area contributed by atoms with Crippen LogP contribution in [-0.4, -0.2) is 36.3 Å². The fourth-order valence-corrected chi connectivity index (χ4v) is 6.91. The molecule has 34 heavy (non-hydrogen) atoms. The van der Waals surface area contributed by atoms with Crippen molar-refractivity contribution in [2.45, 2.75) is 50.2 Å². The molecule has 4 bridgehead atoms. The summed E-state index contributed by atoms with van der Waals surface area (Å²) in [5.41, 5.74) is 5.39. The Morgan fingerprint density at radius 2 is 1.56 bits per heavy atom. The smallest absolute Gasteiger partial charge is 0.123 e. The molecule has 0 spiro atoms. The second-order valence-electron chi connectivity index (χ2n) is 10.2. The van der Waals surface area contributed by atoms with Crippen LogP contribution in [0.4, 0.5) is 0 Å². The van der Waals surface area contributed by atoms with E-state index in [-0.39, 0.29) is 0 Å². The molecular weight excluding hydrogens is 416 g/mol. The Hall–Kier alpha value is -2.91. The summed E-state index contributed by atoms with van der Waals surface area (Å²) in [5.74, 6) is 2.58. The molecule has 0 N–H and O–H groups in total. The molecule has 5 fully saturated rings. The van der Waals surface area contributed by atoms with Crippen molar-refractivity contribution in [2.24, 2.45) is 16.8 Å². The van der Waals surface area contributed by atoms with Crippen LogP contribution in [0, 0.1) is 11.8 Å². The van der Waals surface area contributed by atoms with Crippen LogP contribution in [-0.2, 0) is 6.54 Å². The van der Waals surface area contributed by atoms with Crippen LogP contribution in [0.2, 0.25) is 0 Å². The molecular formula is C31H34N2O. The minimum Gasteiger partial charge on any atom is -0.496 e. The highest BCUT2D eigenvalue weighted by Gasteiger charge is 2.53. The number of fused-ring (bicyclic) bond motifs is 3. The molecule has 3 heteroatoms. The molecule has 1 saturated carbocycles. The van der Waals surface area contributed by atoms with Gasteiger partial charge in [-0.15, -0.1) is 0 Å². The number of nitrogens with zero attached hydrogens (tertiary/aromatic N) is 2. The van der Waals surface area contributed by atoms with E-state index in [1.54, 1.807) is 7.11 Å². The van der Waals surface area contributed by atoms with Gasteiger partial charge in [-0.2, -0.15) is 0 Å². The third-order valence-corrected chi connectivity index (χ3v) is 8.42. The Bertz CT molecular complexity index is 1100. The van der Waals surface area contributed by atoms with Gasteiger partial charge in [0.05, 0.1) is 19.7 Å². The Labute approximate surface area is 203 Å². The number of hydrogen-bond acceptors (Lipinski definition) is 3. The predicted molar refractivity (Wildman–Crippen MR) is 139 cm³/mol. The summed E-state index contributed by atoms with van der Waals surface area (Å²) < 4.78 is 5.65. The summed E-state index contributed by atoms with van der Waals surface area (Å²) in [7, 11) is 1.76. The first-order valence-corrected chi connectivity index (χ1v) is 12.8. The van der Waals surface area contributed by atoms with Gasteiger partial charge in [0, 0.05) is 35.7 Å². The molecule has 4 heterocycles. The average molecular weight is 451 g/mol. The lowest BCUT2D eigenvalue weighted by Crippen LogP contribution is -2.64. The minimum atomic E-state index is 0.295. The highest BCUT2D eigenvalue weighted by atomic mass is 16.5. The minimum absolute atomic E-state index is 0.295. The van der Waals surface area contributed by atoms with E-state index >= 15 is 0 Å². The SMILES string of the molecule is COc1ccccc1CN=C1C(C(c2ccccc2)c2ccccc2)N2C[C@@H]3CCC[C@@H]2C[C@@H]13. The van der Waals surface area contributed by atoms with Gasteiger partial charge in [0.15, 0.2) is 0 Å². The highest BCUT2D eigenvalue weighted by Crippen LogP contribution is 2.49. The Morgan fingerprint density at radius 3 is 2.26 bits per heavy atom. The van der Waals surface area contributed by atoms with Gasteiger partial charge in [0.1, 0.15) is 5.75 Å². The van der Waals surface area contributed by atoms with Crippen molar-refractivity contribution in [3.8, 4) is 5.75 Å². The van der Waals surface area contributed by atoms with Gasteiger partial charge in [-0.25, -0.2) is 0 Å². The molecule has 3 aromatic carbocycles. The van der Waals surface area contributed by atoms with Crippen molar-refractivity contribution >= 4 is 5.71 Å². The molecule has 8 rings (SSSR count). The second-order valence-corrected chi connectivity index (χ2v) is 10.2. The zero-order valence-electron chi connectivity index (χ0n) is 20.0. The van der Waals surface area contributed by atoms with Crippen molar-refractivity contribution < 1.29 is 4.74 Å². The Kier molecular flexibility index (Phi) is 5.97. The molecule has 0 aromatic heterocycles. The monoisotopic (exact) mass is 450 g/mol. The lowest BCUT2D eigenvalue weighted by Gasteiger charge is -2.55. The number of rotatable bonds is 6. The van der Waals surface area contributed by atoms with Crippen LogP contribution < -0.4 is 4.74 Å². The molecule has 4 saturated heterocycles. The topological polar surface area (TPSA) is 24.8 Å². The van der Waals surface area contributed by atoms with Crippen LogP contribution in [0.15, 0.2) is 89.9 Å². The number of hydrogen-bond donors (Lipinski definition) is 0. The highest BCUT2D eigenvalue weighted by molar-refractivity contribution is 5.95. The average Bonchev–Trinajstić information content (AvgIpc) is 3.22. The zero-order valence-corrected chi connectivity index (χ0v) is 20.0. The van der Waals surface area contributed by atoms with Gasteiger partial charge in [0.2, 0.25) is 0 Å². The predicted octanol–water partition coefficient (Wildman–Crippen LogP) is 6.34. The zero-order chi connectivity index (χ0) is 22.9. The largest absolute Gasteiger partial charge is 0.496 e. The second kappa shape index (κ2) is 9.38. The number of methoxy groups -OCH3 is 1. The van der Waals surface area contributed by atoms with E-state index in [1.807, 2.05) is 12.1 Å². The molecule has 5 aliphatic rings. The molecule has 5 atom stereocenters. The van der Waals surface area contributed by atoms with E-state index in [2.05, 4.69) is 77.7 Å². The molecule has 0 radical (unpaired) electrons. The van der Waals surface area contributed by atoms with Crippen LogP contribution in [0.25, 0.3) is 0 Å². The number of ether oxygens (including phenoxy) is 1. The van der Waals surface area contributed by atoms with Crippen LogP contribution in [0.3, 0.4) is 0 Å². The van der Waals surface area contributed by atoms with Crippen LogP contribution >= 0.6 is 0 Å². The van der Waals surface area contributed by atoms with Gasteiger partial charge >= 0.3 is 0 Å². The maximum atomic E-state index is 5.65. The summed E-state index contributed by atoms with van der Waals surface area (Å²) in [4.78, 5) is 8.30. The van der Waals surface area contributed by atoms with E-state index in [1.165, 1.54) is 54.6 Å². The maximum Gasteiger partial charge on any atom is 0.123 e. The molecule has 2 unspecified atom stereocenters. The quantitative estimate of drug-likeness (QED) is 0.438. The van der Waals surface area contributed by atoms with Gasteiger partial charge < -0.3 is 4.74 Å². The molecule has 174 valence electrons. The third kappa shape index (κ3) is 3.86. The Morgan fingerprint density at radius 1 is 0.882 bits per heavy atom. The van der Waals surface area contributed by atoms with Gasteiger partial charge in [-0.3, -0.25) is 9.89 Å². The summed E-state index contributed by atoms with van der Waals surface area (Å²) in [6.07, 6.45) is 5.32. The first kappa shape index (κ1) is 21.6. The third-order valence-electron chi connectivity index (χ3n) is 8.42. The fourth-order valence-electron chi connectivity index (χ4n) is 6.91. The van der Waals surface area contributed by atoms with E-state index in [0.717, 1.165) is 11.7 Å². The number of benzene rings is 3. The van der Waals surface area contributed by atoms with Crippen molar-refractivity contribution in [1.29, 1.82) is 0 Å². The standard InChI is InChI=1S/C31H34N2O/c1-34-28-18-9-8-15-24(28)20-32-30-27-19-26-17-10-16-25(27)21-33(26)31(30)29(22-11-4-2-5-12-22)23-13-6-3-7-14-23/h2-9,11-15,18,25-27,29,31H,10,16-17,19-21H2,1H3/t25-,26+,27+,31?/m0/s1. The first-order valence-electron chi connectivity index (χ1n) is 12.8. The van der Waals surface area contributed by atoms with Crippen molar-refractivity contribution in [3.63, 3.8) is 0 Å². The van der Waals surface area contributed by atoms with E-state index in [0.29, 0.717) is 30.5 Å². The molecule has 3 nitrogen and oxygen atoms in total. The molecule has 4 aliphatic heterocycles. The van der Waals surface area contributed by atoms with E-state index in [4.69, 9.17) is 9.73 Å². The van der Waals surface area contributed by atoms with Gasteiger partial charge in [-0.1, -0.05) is 85.3 Å². The van der Waals surface area contributed by atoms with Crippen LogP contribution in [0.5, 0.6) is 5.75 Å². The summed E-state index contributed by atoms with van der Waals surface area (Å²) >= 11 is 0. The van der Waals surface area contributed by atoms with E-state index < -0.39 is 0 Å². The molecule has 0 amide bonds. The number of aliphatic imine (C=N–C) groups is 1. The summed E-state index contributed by atoms with van der Waals surface area (Å²) in [6, 6.07) is 31.6. The summed E-state index contributed by atoms with van der Waals surface area (Å²) in [6.45, 7) is 1.91. The number of piperidine rings is 3.